The van der Waals surface area contributed by atoms with Gasteiger partial charge in [0, 0.05) is 37.1 Å². The molecule has 2 heterocycles. The van der Waals surface area contributed by atoms with Crippen LogP contribution in [0.15, 0.2) is 23.1 Å². The van der Waals surface area contributed by atoms with Crippen LogP contribution in [0, 0.1) is 5.92 Å². The summed E-state index contributed by atoms with van der Waals surface area (Å²) in [5.41, 5.74) is 1.43. The molecule has 2 aliphatic rings. The maximum atomic E-state index is 11.3. The van der Waals surface area contributed by atoms with E-state index in [1.165, 1.54) is 12.1 Å². The Morgan fingerprint density at radius 1 is 1.26 bits per heavy atom. The van der Waals surface area contributed by atoms with Crippen molar-refractivity contribution in [1.29, 1.82) is 0 Å². The van der Waals surface area contributed by atoms with E-state index in [1.807, 2.05) is 0 Å². The Balaban J connectivity index is 1.93. The summed E-state index contributed by atoms with van der Waals surface area (Å²) < 4.78 is 37.3. The summed E-state index contributed by atoms with van der Waals surface area (Å²) in [6.45, 7) is 4.46. The highest BCUT2D eigenvalue weighted by Crippen LogP contribution is 2.38. The van der Waals surface area contributed by atoms with Crippen LogP contribution in [0.25, 0.3) is 0 Å². The Bertz CT molecular complexity index is 669. The van der Waals surface area contributed by atoms with Crippen molar-refractivity contribution >= 4 is 15.8 Å². The number of aliphatic hydroxyl groups excluding tert-OH is 1. The summed E-state index contributed by atoms with van der Waals surface area (Å²) in [6.07, 6.45) is 1.87. The number of fused-ring (bicyclic) bond motifs is 1. The van der Waals surface area contributed by atoms with Crippen LogP contribution in [0.3, 0.4) is 0 Å². The van der Waals surface area contributed by atoms with E-state index in [1.54, 1.807) is 6.07 Å². The number of aliphatic hydroxyl groups is 1. The third-order valence-corrected chi connectivity index (χ3v) is 5.90. The Morgan fingerprint density at radius 3 is 2.61 bits per heavy atom. The fraction of sp³-hybridized carbons (Fsp3) is 0.625. The molecule has 0 amide bonds. The van der Waals surface area contributed by atoms with Crippen LogP contribution >= 0.6 is 0 Å². The van der Waals surface area contributed by atoms with Crippen molar-refractivity contribution in [3.8, 4) is 0 Å². The lowest BCUT2D eigenvalue weighted by Gasteiger charge is -2.42. The molecule has 7 heteroatoms. The Morgan fingerprint density at radius 2 is 1.96 bits per heavy atom. The highest BCUT2D eigenvalue weighted by atomic mass is 32.2. The highest BCUT2D eigenvalue weighted by Gasteiger charge is 2.32. The molecule has 2 N–H and O–H groups in total. The number of rotatable bonds is 3. The molecule has 0 radical (unpaired) electrons. The van der Waals surface area contributed by atoms with Crippen LogP contribution in [-0.4, -0.2) is 43.9 Å². The van der Waals surface area contributed by atoms with Gasteiger partial charge in [0.25, 0.3) is 10.1 Å². The van der Waals surface area contributed by atoms with Crippen molar-refractivity contribution in [3.05, 3.63) is 23.8 Å². The molecule has 2 atom stereocenters. The van der Waals surface area contributed by atoms with Gasteiger partial charge >= 0.3 is 0 Å². The molecule has 1 saturated heterocycles. The quantitative estimate of drug-likeness (QED) is 0.818. The van der Waals surface area contributed by atoms with Gasteiger partial charge in [0.15, 0.2) is 0 Å². The van der Waals surface area contributed by atoms with E-state index in [2.05, 4.69) is 11.8 Å². The van der Waals surface area contributed by atoms with Crippen LogP contribution in [0.1, 0.15) is 37.9 Å². The second-order valence-electron chi connectivity index (χ2n) is 6.38. The average Bonchev–Trinajstić information content (AvgIpc) is 2.54. The van der Waals surface area contributed by atoms with Gasteiger partial charge in [0.05, 0.1) is 11.0 Å². The lowest BCUT2D eigenvalue weighted by Crippen LogP contribution is -2.44. The highest BCUT2D eigenvalue weighted by molar-refractivity contribution is 7.85. The minimum absolute atomic E-state index is 0.170. The fourth-order valence-electron chi connectivity index (χ4n) is 3.63. The van der Waals surface area contributed by atoms with Gasteiger partial charge in [0.2, 0.25) is 0 Å². The molecule has 1 aromatic rings. The molecule has 6 nitrogen and oxygen atoms in total. The first kappa shape index (κ1) is 16.7. The van der Waals surface area contributed by atoms with E-state index in [4.69, 9.17) is 4.74 Å². The number of hydrogen-bond donors (Lipinski definition) is 2. The maximum absolute atomic E-state index is 11.3. The first-order valence-corrected chi connectivity index (χ1v) is 9.46. The third kappa shape index (κ3) is 3.38. The second-order valence-corrected chi connectivity index (χ2v) is 7.81. The number of benzene rings is 1. The van der Waals surface area contributed by atoms with Gasteiger partial charge in [-0.25, -0.2) is 0 Å². The second kappa shape index (κ2) is 6.39. The maximum Gasteiger partial charge on any atom is 0.294 e. The Hall–Kier alpha value is -1.15. The zero-order valence-electron chi connectivity index (χ0n) is 13.2. The van der Waals surface area contributed by atoms with Crippen LogP contribution in [0.2, 0.25) is 0 Å². The zero-order valence-corrected chi connectivity index (χ0v) is 14.0. The van der Waals surface area contributed by atoms with Crippen molar-refractivity contribution in [2.75, 3.05) is 24.7 Å². The van der Waals surface area contributed by atoms with Crippen LogP contribution in [0.5, 0.6) is 0 Å². The molecule has 128 valence electrons. The van der Waals surface area contributed by atoms with Gasteiger partial charge in [-0.3, -0.25) is 4.55 Å². The van der Waals surface area contributed by atoms with Gasteiger partial charge in [0.1, 0.15) is 0 Å². The molecule has 2 aliphatic heterocycles. The molecular formula is C16H23NO5S. The van der Waals surface area contributed by atoms with Crippen molar-refractivity contribution in [1.82, 2.24) is 0 Å². The van der Waals surface area contributed by atoms with E-state index in [0.29, 0.717) is 23.9 Å². The predicted octanol–water partition coefficient (Wildman–Crippen LogP) is 1.99. The molecular weight excluding hydrogens is 318 g/mol. The van der Waals surface area contributed by atoms with Crippen LogP contribution in [0.4, 0.5) is 5.69 Å². The van der Waals surface area contributed by atoms with Gasteiger partial charge in [-0.1, -0.05) is 0 Å². The van der Waals surface area contributed by atoms with Gasteiger partial charge in [-0.15, -0.1) is 0 Å². The number of nitrogens with zero attached hydrogens (tertiary/aromatic N) is 1. The average molecular weight is 341 g/mol. The molecule has 0 spiro atoms. The lowest BCUT2D eigenvalue weighted by molar-refractivity contribution is 0.0583. The number of anilines is 1. The SMILES string of the molecule is C[C@H](C1CCOCC1)N1CCC(O)c2cc(S(=O)(=O)O)ccc21. The summed E-state index contributed by atoms with van der Waals surface area (Å²) in [5, 5.41) is 10.2. The first-order chi connectivity index (χ1) is 10.9. The topological polar surface area (TPSA) is 87.1 Å². The first-order valence-electron chi connectivity index (χ1n) is 8.02. The molecule has 1 unspecified atom stereocenters. The van der Waals surface area contributed by atoms with E-state index in [0.717, 1.165) is 38.3 Å². The number of hydrogen-bond acceptors (Lipinski definition) is 5. The molecule has 1 fully saturated rings. The van der Waals surface area contributed by atoms with E-state index in [9.17, 15) is 18.1 Å². The molecule has 0 saturated carbocycles. The molecule has 0 bridgehead atoms. The molecule has 3 rings (SSSR count). The van der Waals surface area contributed by atoms with E-state index in [-0.39, 0.29) is 4.90 Å². The molecule has 23 heavy (non-hydrogen) atoms. The minimum Gasteiger partial charge on any atom is -0.388 e. The number of ether oxygens (including phenoxy) is 1. The van der Waals surface area contributed by atoms with Crippen molar-refractivity contribution in [2.24, 2.45) is 5.92 Å². The Kier molecular flexibility index (Phi) is 4.64. The van der Waals surface area contributed by atoms with Gasteiger partial charge in [-0.2, -0.15) is 8.42 Å². The van der Waals surface area contributed by atoms with Gasteiger partial charge < -0.3 is 14.7 Å². The molecule has 0 aliphatic carbocycles. The van der Waals surface area contributed by atoms with Crippen molar-refractivity contribution < 1.29 is 22.8 Å². The minimum atomic E-state index is -4.26. The standard InChI is InChI=1S/C16H23NO5S/c1-11(12-5-8-22-9-6-12)17-7-4-16(18)14-10-13(23(19,20)21)2-3-15(14)17/h2-3,10-12,16,18H,4-9H2,1H3,(H,19,20,21)/t11-,16?/m1/s1. The molecule has 1 aromatic carbocycles. The fourth-order valence-corrected chi connectivity index (χ4v) is 4.15. The predicted molar refractivity (Wildman–Crippen MR) is 86.2 cm³/mol. The summed E-state index contributed by atoms with van der Waals surface area (Å²) in [4.78, 5) is 2.07. The molecule has 0 aromatic heterocycles. The summed E-state index contributed by atoms with van der Waals surface area (Å²) >= 11 is 0. The van der Waals surface area contributed by atoms with Crippen molar-refractivity contribution in [2.45, 2.75) is 43.2 Å². The summed E-state index contributed by atoms with van der Waals surface area (Å²) in [6, 6.07) is 4.77. The summed E-state index contributed by atoms with van der Waals surface area (Å²) in [5.74, 6) is 0.521. The normalized spacial score (nSPS) is 24.3. The van der Waals surface area contributed by atoms with Crippen LogP contribution < -0.4 is 4.90 Å². The van der Waals surface area contributed by atoms with Crippen LogP contribution in [-0.2, 0) is 14.9 Å². The smallest absolute Gasteiger partial charge is 0.294 e. The Labute approximate surface area is 136 Å². The summed E-state index contributed by atoms with van der Waals surface area (Å²) in [7, 11) is -4.26. The van der Waals surface area contributed by atoms with Crippen molar-refractivity contribution in [3.63, 3.8) is 0 Å². The lowest BCUT2D eigenvalue weighted by atomic mass is 9.89. The van der Waals surface area contributed by atoms with E-state index < -0.39 is 16.2 Å². The largest absolute Gasteiger partial charge is 0.388 e. The monoisotopic (exact) mass is 341 g/mol. The third-order valence-electron chi connectivity index (χ3n) is 5.05. The zero-order chi connectivity index (χ0) is 16.6. The van der Waals surface area contributed by atoms with E-state index >= 15 is 0 Å². The van der Waals surface area contributed by atoms with Gasteiger partial charge in [-0.05, 0) is 50.3 Å².